The maximum absolute atomic E-state index is 11.9. The Labute approximate surface area is 135 Å². The van der Waals surface area contributed by atoms with Gasteiger partial charge in [-0.1, -0.05) is 26.7 Å². The first kappa shape index (κ1) is 15.0. The van der Waals surface area contributed by atoms with Crippen molar-refractivity contribution in [2.45, 2.75) is 78.1 Å². The fraction of sp³-hybridized carbons (Fsp3) is 0.950. The van der Waals surface area contributed by atoms with E-state index in [1.807, 2.05) is 0 Å². The van der Waals surface area contributed by atoms with Gasteiger partial charge < -0.3 is 5.73 Å². The molecule has 4 aliphatic rings. The molecule has 0 aliphatic heterocycles. The predicted octanol–water partition coefficient (Wildman–Crippen LogP) is 4.52. The summed E-state index contributed by atoms with van der Waals surface area (Å²) in [6.45, 7) is 5.02. The summed E-state index contributed by atoms with van der Waals surface area (Å²) < 4.78 is 0. The third kappa shape index (κ3) is 1.88. The molecule has 2 heteroatoms. The molecule has 0 bridgehead atoms. The second kappa shape index (κ2) is 4.98. The van der Waals surface area contributed by atoms with Gasteiger partial charge in [0, 0.05) is 5.92 Å². The number of hydrogen-bond acceptors (Lipinski definition) is 1. The van der Waals surface area contributed by atoms with Gasteiger partial charge >= 0.3 is 0 Å². The van der Waals surface area contributed by atoms with Crippen LogP contribution in [0.3, 0.4) is 0 Å². The Hall–Kier alpha value is -0.530. The average Bonchev–Trinajstić information content (AvgIpc) is 2.84. The highest BCUT2D eigenvalue weighted by molar-refractivity contribution is 5.78. The van der Waals surface area contributed by atoms with E-state index in [-0.39, 0.29) is 17.2 Å². The van der Waals surface area contributed by atoms with Gasteiger partial charge in [-0.15, -0.1) is 0 Å². The van der Waals surface area contributed by atoms with Crippen LogP contribution in [0.2, 0.25) is 0 Å². The number of amides is 1. The Bertz CT molecular complexity index is 474. The van der Waals surface area contributed by atoms with Crippen LogP contribution in [0.25, 0.3) is 0 Å². The first-order valence-electron chi connectivity index (χ1n) is 9.76. The van der Waals surface area contributed by atoms with Crippen LogP contribution in [0.15, 0.2) is 0 Å². The standard InChI is InChI=1S/C20H33NO/c1-19-11-4-3-5-13(19)6-7-14-15-8-9-17(18(21)22)20(15,2)12-10-16(14)19/h13-17H,3-12H2,1-2H3,(H2,21,22)/t13?,14-,15-,16+,17?,19-,20-/m0/s1. The Morgan fingerprint density at radius 3 is 2.41 bits per heavy atom. The fourth-order valence-electron chi connectivity index (χ4n) is 7.76. The maximum atomic E-state index is 11.9. The largest absolute Gasteiger partial charge is 0.369 e. The number of carbonyl (C=O) groups is 1. The molecule has 124 valence electrons. The van der Waals surface area contributed by atoms with Crippen LogP contribution in [-0.4, -0.2) is 5.91 Å². The van der Waals surface area contributed by atoms with E-state index in [0.717, 1.165) is 30.1 Å². The van der Waals surface area contributed by atoms with Gasteiger partial charge in [0.25, 0.3) is 0 Å². The first-order valence-corrected chi connectivity index (χ1v) is 9.76. The van der Waals surface area contributed by atoms with Crippen LogP contribution in [0.5, 0.6) is 0 Å². The van der Waals surface area contributed by atoms with E-state index in [0.29, 0.717) is 5.41 Å². The minimum atomic E-state index is -0.0268. The lowest BCUT2D eigenvalue weighted by Crippen LogP contribution is -2.53. The number of rotatable bonds is 1. The highest BCUT2D eigenvalue weighted by Crippen LogP contribution is 2.67. The van der Waals surface area contributed by atoms with Crippen molar-refractivity contribution in [2.24, 2.45) is 46.2 Å². The molecule has 4 rings (SSSR count). The van der Waals surface area contributed by atoms with Crippen LogP contribution in [-0.2, 0) is 4.79 Å². The summed E-state index contributed by atoms with van der Waals surface area (Å²) in [5.74, 6) is 3.68. The second-order valence-electron chi connectivity index (χ2n) is 9.48. The molecule has 0 aromatic carbocycles. The Morgan fingerprint density at radius 1 is 0.864 bits per heavy atom. The van der Waals surface area contributed by atoms with Crippen molar-refractivity contribution in [2.75, 3.05) is 0 Å². The van der Waals surface area contributed by atoms with Crippen LogP contribution >= 0.6 is 0 Å². The molecule has 0 spiro atoms. The number of fused-ring (bicyclic) bond motifs is 5. The summed E-state index contributed by atoms with van der Waals surface area (Å²) in [5.41, 5.74) is 6.57. The minimum absolute atomic E-state index is 0.0268. The summed E-state index contributed by atoms with van der Waals surface area (Å²) in [5, 5.41) is 0. The monoisotopic (exact) mass is 303 g/mol. The Balaban J connectivity index is 1.63. The Morgan fingerprint density at radius 2 is 1.64 bits per heavy atom. The lowest BCUT2D eigenvalue weighted by Gasteiger charge is -2.60. The number of hydrogen-bond donors (Lipinski definition) is 1. The average molecular weight is 303 g/mol. The van der Waals surface area contributed by atoms with Crippen LogP contribution in [0.4, 0.5) is 0 Å². The van der Waals surface area contributed by atoms with Gasteiger partial charge in [0.15, 0.2) is 0 Å². The lowest BCUT2D eigenvalue weighted by atomic mass is 9.45. The molecule has 0 aromatic rings. The number of carbonyl (C=O) groups excluding carboxylic acids is 1. The van der Waals surface area contributed by atoms with Crippen LogP contribution in [0.1, 0.15) is 78.1 Å². The van der Waals surface area contributed by atoms with E-state index in [1.165, 1.54) is 57.8 Å². The fourth-order valence-corrected chi connectivity index (χ4v) is 7.76. The van der Waals surface area contributed by atoms with Gasteiger partial charge in [-0.3, -0.25) is 4.79 Å². The van der Waals surface area contributed by atoms with Crippen LogP contribution < -0.4 is 5.73 Å². The van der Waals surface area contributed by atoms with Crippen molar-refractivity contribution in [3.05, 3.63) is 0 Å². The highest BCUT2D eigenvalue weighted by Gasteiger charge is 2.60. The van der Waals surface area contributed by atoms with E-state index in [9.17, 15) is 4.79 Å². The molecule has 0 saturated heterocycles. The first-order chi connectivity index (χ1) is 10.5. The third-order valence-corrected chi connectivity index (χ3v) is 8.93. The molecule has 4 aliphatic carbocycles. The summed E-state index contributed by atoms with van der Waals surface area (Å²) in [4.78, 5) is 11.9. The number of nitrogens with two attached hydrogens (primary N) is 1. The zero-order valence-corrected chi connectivity index (χ0v) is 14.4. The normalized spacial score (nSPS) is 54.2. The molecular formula is C20H33NO. The third-order valence-electron chi connectivity index (χ3n) is 8.93. The molecule has 2 N–H and O–H groups in total. The molecule has 0 aromatic heterocycles. The zero-order chi connectivity index (χ0) is 15.5. The summed E-state index contributed by atoms with van der Waals surface area (Å²) in [7, 11) is 0. The van der Waals surface area contributed by atoms with Crippen molar-refractivity contribution in [3.63, 3.8) is 0 Å². The number of primary amides is 1. The topological polar surface area (TPSA) is 43.1 Å². The molecule has 0 heterocycles. The van der Waals surface area contributed by atoms with E-state index in [2.05, 4.69) is 13.8 Å². The molecule has 4 saturated carbocycles. The highest BCUT2D eigenvalue weighted by atomic mass is 16.1. The van der Waals surface area contributed by atoms with Gasteiger partial charge in [0.05, 0.1) is 0 Å². The second-order valence-corrected chi connectivity index (χ2v) is 9.48. The van der Waals surface area contributed by atoms with Gasteiger partial charge in [0.1, 0.15) is 0 Å². The Kier molecular flexibility index (Phi) is 3.40. The summed E-state index contributed by atoms with van der Waals surface area (Å²) in [6, 6.07) is 0. The molecule has 2 unspecified atom stereocenters. The van der Waals surface area contributed by atoms with Crippen molar-refractivity contribution in [3.8, 4) is 0 Å². The smallest absolute Gasteiger partial charge is 0.221 e. The predicted molar refractivity (Wildman–Crippen MR) is 89.0 cm³/mol. The van der Waals surface area contributed by atoms with E-state index < -0.39 is 0 Å². The molecule has 1 amide bonds. The van der Waals surface area contributed by atoms with Gasteiger partial charge in [-0.05, 0) is 85.9 Å². The van der Waals surface area contributed by atoms with Crippen molar-refractivity contribution in [1.29, 1.82) is 0 Å². The quantitative estimate of drug-likeness (QED) is 0.760. The molecule has 7 atom stereocenters. The zero-order valence-electron chi connectivity index (χ0n) is 14.4. The van der Waals surface area contributed by atoms with Crippen molar-refractivity contribution < 1.29 is 4.79 Å². The molecule has 22 heavy (non-hydrogen) atoms. The van der Waals surface area contributed by atoms with Crippen molar-refractivity contribution >= 4 is 5.91 Å². The van der Waals surface area contributed by atoms with E-state index in [4.69, 9.17) is 5.73 Å². The summed E-state index contributed by atoms with van der Waals surface area (Å²) in [6.07, 6.45) is 13.6. The van der Waals surface area contributed by atoms with Crippen LogP contribution in [0, 0.1) is 40.4 Å². The minimum Gasteiger partial charge on any atom is -0.369 e. The molecule has 0 radical (unpaired) electrons. The van der Waals surface area contributed by atoms with Crippen molar-refractivity contribution in [1.82, 2.24) is 0 Å². The van der Waals surface area contributed by atoms with Gasteiger partial charge in [-0.2, -0.15) is 0 Å². The molecule has 2 nitrogen and oxygen atoms in total. The summed E-state index contributed by atoms with van der Waals surface area (Å²) >= 11 is 0. The van der Waals surface area contributed by atoms with Gasteiger partial charge in [0.2, 0.25) is 5.91 Å². The SMILES string of the molecule is C[C@]12CCCCC1CC[C@@H]1[C@H]2CC[C@]2(C)C(C(N)=O)CC[C@@H]12. The molecule has 4 fully saturated rings. The van der Waals surface area contributed by atoms with E-state index >= 15 is 0 Å². The molecular weight excluding hydrogens is 270 g/mol. The lowest BCUT2D eigenvalue weighted by molar-refractivity contribution is -0.134. The maximum Gasteiger partial charge on any atom is 0.221 e. The van der Waals surface area contributed by atoms with E-state index in [1.54, 1.807) is 0 Å². The van der Waals surface area contributed by atoms with Gasteiger partial charge in [-0.25, -0.2) is 0 Å².